The fourth-order valence-electron chi connectivity index (χ4n) is 3.34. The summed E-state index contributed by atoms with van der Waals surface area (Å²) in [5, 5.41) is 18.7. The van der Waals surface area contributed by atoms with Crippen molar-refractivity contribution in [1.29, 1.82) is 0 Å². The number of aliphatic carboxylic acids is 1. The molecule has 0 aromatic carbocycles. The summed E-state index contributed by atoms with van der Waals surface area (Å²) in [6, 6.07) is -0.944. The Bertz CT molecular complexity index is 387. The summed E-state index contributed by atoms with van der Waals surface area (Å²) >= 11 is 0. The van der Waals surface area contributed by atoms with E-state index in [2.05, 4.69) is 6.92 Å². The van der Waals surface area contributed by atoms with Gasteiger partial charge in [0.2, 0.25) is 5.91 Å². The fourth-order valence-corrected chi connectivity index (χ4v) is 3.34. The van der Waals surface area contributed by atoms with E-state index in [0.29, 0.717) is 18.8 Å². The van der Waals surface area contributed by atoms with Crippen LogP contribution in [0.5, 0.6) is 0 Å². The van der Waals surface area contributed by atoms with Crippen molar-refractivity contribution in [1.82, 2.24) is 4.90 Å². The van der Waals surface area contributed by atoms with Crippen LogP contribution in [-0.4, -0.2) is 51.2 Å². The number of aliphatic hydroxyl groups is 1. The van der Waals surface area contributed by atoms with Gasteiger partial charge in [0.1, 0.15) is 6.04 Å². The lowest BCUT2D eigenvalue weighted by atomic mass is 9.76. The van der Waals surface area contributed by atoms with Crippen LogP contribution in [0.15, 0.2) is 0 Å². The molecule has 4 atom stereocenters. The minimum Gasteiger partial charge on any atom is -0.480 e. The number of carboxylic acid groups (broad SMARTS) is 1. The predicted molar refractivity (Wildman–Crippen MR) is 68.3 cm³/mol. The first kappa shape index (κ1) is 14.3. The Labute approximate surface area is 112 Å². The van der Waals surface area contributed by atoms with E-state index in [1.54, 1.807) is 0 Å². The zero-order valence-electron chi connectivity index (χ0n) is 11.2. The first-order valence-electron chi connectivity index (χ1n) is 6.84. The highest BCUT2D eigenvalue weighted by Crippen LogP contribution is 2.33. The highest BCUT2D eigenvalue weighted by Gasteiger charge is 2.47. The van der Waals surface area contributed by atoms with E-state index in [9.17, 15) is 14.7 Å². The van der Waals surface area contributed by atoms with Crippen molar-refractivity contribution in [3.63, 3.8) is 0 Å². The van der Waals surface area contributed by atoms with Gasteiger partial charge in [-0.15, -0.1) is 0 Å². The van der Waals surface area contributed by atoms with Gasteiger partial charge in [-0.2, -0.15) is 0 Å². The second kappa shape index (κ2) is 5.09. The molecular formula is C13H22N2O4. The largest absolute Gasteiger partial charge is 0.480 e. The third-order valence-electron chi connectivity index (χ3n) is 4.28. The Morgan fingerprint density at radius 1 is 1.42 bits per heavy atom. The Morgan fingerprint density at radius 3 is 2.68 bits per heavy atom. The zero-order valence-corrected chi connectivity index (χ0v) is 11.2. The van der Waals surface area contributed by atoms with Gasteiger partial charge in [-0.25, -0.2) is 4.79 Å². The second-order valence-corrected chi connectivity index (χ2v) is 6.06. The van der Waals surface area contributed by atoms with Crippen molar-refractivity contribution in [2.24, 2.45) is 11.7 Å². The number of hydrogen-bond acceptors (Lipinski definition) is 4. The Hall–Kier alpha value is -1.14. The molecule has 0 aromatic rings. The molecule has 2 unspecified atom stereocenters. The van der Waals surface area contributed by atoms with E-state index in [1.165, 1.54) is 4.90 Å². The molecule has 4 N–H and O–H groups in total. The number of hydrogen-bond donors (Lipinski definition) is 3. The number of carbonyl (C=O) groups is 2. The van der Waals surface area contributed by atoms with E-state index in [0.717, 1.165) is 12.8 Å². The molecule has 6 heteroatoms. The molecule has 1 aliphatic carbocycles. The number of carbonyl (C=O) groups excluding carboxylic acids is 1. The molecule has 1 saturated carbocycles. The normalized spacial score (nSPS) is 39.3. The molecule has 19 heavy (non-hydrogen) atoms. The van der Waals surface area contributed by atoms with Crippen LogP contribution in [0.25, 0.3) is 0 Å². The molecular weight excluding hydrogens is 248 g/mol. The third-order valence-corrected chi connectivity index (χ3v) is 4.28. The van der Waals surface area contributed by atoms with Gasteiger partial charge in [-0.05, 0) is 18.8 Å². The molecule has 1 amide bonds. The van der Waals surface area contributed by atoms with Gasteiger partial charge < -0.3 is 20.8 Å². The quantitative estimate of drug-likeness (QED) is 0.652. The lowest BCUT2D eigenvalue weighted by Gasteiger charge is -2.39. The van der Waals surface area contributed by atoms with Crippen molar-refractivity contribution >= 4 is 11.9 Å². The summed E-state index contributed by atoms with van der Waals surface area (Å²) in [6.45, 7) is 2.13. The van der Waals surface area contributed by atoms with Crippen molar-refractivity contribution < 1.29 is 19.8 Å². The van der Waals surface area contributed by atoms with Crippen LogP contribution in [0.4, 0.5) is 0 Å². The minimum atomic E-state index is -1.07. The molecule has 2 fully saturated rings. The Balaban J connectivity index is 2.16. The summed E-state index contributed by atoms with van der Waals surface area (Å²) in [7, 11) is 0. The van der Waals surface area contributed by atoms with E-state index >= 15 is 0 Å². The molecule has 2 aliphatic rings. The van der Waals surface area contributed by atoms with Crippen LogP contribution in [-0.2, 0) is 9.59 Å². The van der Waals surface area contributed by atoms with Crippen LogP contribution < -0.4 is 5.73 Å². The topological polar surface area (TPSA) is 104 Å². The number of β-amino-alcohol motifs (C(OH)–C–C–N with tert-alkyl or cyclic N) is 1. The molecule has 1 heterocycles. The molecule has 1 aliphatic heterocycles. The van der Waals surface area contributed by atoms with Crippen molar-refractivity contribution in [3.05, 3.63) is 0 Å². The molecule has 0 bridgehead atoms. The minimum absolute atomic E-state index is 0.0726. The third kappa shape index (κ3) is 2.74. The molecule has 0 spiro atoms. The van der Waals surface area contributed by atoms with E-state index in [1.807, 2.05) is 0 Å². The number of nitrogens with zero attached hydrogens (tertiary/aromatic N) is 1. The van der Waals surface area contributed by atoms with Gasteiger partial charge in [-0.1, -0.05) is 19.8 Å². The first-order chi connectivity index (χ1) is 8.83. The average molecular weight is 270 g/mol. The number of likely N-dealkylation sites (tertiary alicyclic amines) is 1. The summed E-state index contributed by atoms with van der Waals surface area (Å²) in [5.74, 6) is -1.01. The molecule has 6 nitrogen and oxygen atoms in total. The van der Waals surface area contributed by atoms with Crippen LogP contribution in [0.2, 0.25) is 0 Å². The predicted octanol–water partition coefficient (Wildman–Crippen LogP) is -0.0596. The number of aliphatic hydroxyl groups excluding tert-OH is 1. The van der Waals surface area contributed by atoms with Gasteiger partial charge in [-0.3, -0.25) is 4.79 Å². The van der Waals surface area contributed by atoms with E-state index in [4.69, 9.17) is 10.8 Å². The van der Waals surface area contributed by atoms with Gasteiger partial charge in [0, 0.05) is 13.0 Å². The number of carboxylic acids is 1. The molecule has 1 saturated heterocycles. The average Bonchev–Trinajstić information content (AvgIpc) is 2.70. The smallest absolute Gasteiger partial charge is 0.326 e. The number of rotatable bonds is 2. The van der Waals surface area contributed by atoms with Crippen LogP contribution in [0, 0.1) is 5.92 Å². The summed E-state index contributed by atoms with van der Waals surface area (Å²) < 4.78 is 0. The van der Waals surface area contributed by atoms with Gasteiger partial charge in [0.25, 0.3) is 0 Å². The van der Waals surface area contributed by atoms with Crippen molar-refractivity contribution in [2.45, 2.75) is 56.7 Å². The summed E-state index contributed by atoms with van der Waals surface area (Å²) in [5.41, 5.74) is 5.25. The first-order valence-corrected chi connectivity index (χ1v) is 6.84. The van der Waals surface area contributed by atoms with E-state index < -0.39 is 23.7 Å². The Kier molecular flexibility index (Phi) is 3.82. The maximum atomic E-state index is 12.6. The molecule has 0 aromatic heterocycles. The van der Waals surface area contributed by atoms with E-state index in [-0.39, 0.29) is 18.9 Å². The molecule has 2 rings (SSSR count). The molecule has 108 valence electrons. The van der Waals surface area contributed by atoms with Crippen molar-refractivity contribution in [3.8, 4) is 0 Å². The lowest BCUT2D eigenvalue weighted by Crippen LogP contribution is -2.59. The number of amides is 1. The standard InChI is InChI=1S/C13H22N2O4/c1-8-3-2-4-13(14,6-8)12(19)15-7-9(16)5-10(15)11(17)18/h8-10,16H,2-7,14H2,1H3,(H,17,18)/t8?,9-,10-,13?/m0/s1. The maximum absolute atomic E-state index is 12.6. The fraction of sp³-hybridized carbons (Fsp3) is 0.846. The van der Waals surface area contributed by atoms with Gasteiger partial charge in [0.05, 0.1) is 11.6 Å². The Morgan fingerprint density at radius 2 is 2.11 bits per heavy atom. The van der Waals surface area contributed by atoms with Crippen molar-refractivity contribution in [2.75, 3.05) is 6.54 Å². The second-order valence-electron chi connectivity index (χ2n) is 6.06. The molecule has 0 radical (unpaired) electrons. The maximum Gasteiger partial charge on any atom is 0.326 e. The zero-order chi connectivity index (χ0) is 14.2. The number of nitrogens with two attached hydrogens (primary N) is 1. The lowest BCUT2D eigenvalue weighted by molar-refractivity contribution is -0.151. The van der Waals surface area contributed by atoms with Crippen LogP contribution >= 0.6 is 0 Å². The summed E-state index contributed by atoms with van der Waals surface area (Å²) in [6.07, 6.45) is 2.44. The highest BCUT2D eigenvalue weighted by molar-refractivity contribution is 5.90. The van der Waals surface area contributed by atoms with Gasteiger partial charge >= 0.3 is 5.97 Å². The SMILES string of the molecule is CC1CCCC(N)(C(=O)N2C[C@@H](O)C[C@H]2C(=O)O)C1. The van der Waals surface area contributed by atoms with Crippen LogP contribution in [0.1, 0.15) is 39.0 Å². The summed E-state index contributed by atoms with van der Waals surface area (Å²) in [4.78, 5) is 25.0. The monoisotopic (exact) mass is 270 g/mol. The van der Waals surface area contributed by atoms with Crippen LogP contribution in [0.3, 0.4) is 0 Å². The highest BCUT2D eigenvalue weighted by atomic mass is 16.4. The van der Waals surface area contributed by atoms with Gasteiger partial charge in [0.15, 0.2) is 0 Å².